The summed E-state index contributed by atoms with van der Waals surface area (Å²) in [5, 5.41) is 11.8. The third-order valence-electron chi connectivity index (χ3n) is 2.75. The summed E-state index contributed by atoms with van der Waals surface area (Å²) in [6, 6.07) is -1.46. The number of thioether (sulfide) groups is 1. The van der Waals surface area contributed by atoms with Gasteiger partial charge in [0.15, 0.2) is 0 Å². The van der Waals surface area contributed by atoms with Crippen LogP contribution in [-0.2, 0) is 4.79 Å². The molecular formula is C12H18N2O3S. The van der Waals surface area contributed by atoms with Crippen LogP contribution in [-0.4, -0.2) is 52.1 Å². The summed E-state index contributed by atoms with van der Waals surface area (Å²) in [5.41, 5.74) is 0. The first-order valence-corrected chi connectivity index (χ1v) is 7.09. The predicted octanol–water partition coefficient (Wildman–Crippen LogP) is 1.000. The Labute approximate surface area is 111 Å². The zero-order chi connectivity index (χ0) is 13.5. The molecule has 2 amide bonds. The second-order valence-electron chi connectivity index (χ2n) is 4.08. The molecule has 2 unspecified atom stereocenters. The number of aliphatic carboxylic acids is 1. The molecule has 6 heteroatoms. The molecule has 1 heterocycles. The third-order valence-corrected chi connectivity index (χ3v) is 3.77. The van der Waals surface area contributed by atoms with Crippen molar-refractivity contribution in [3.05, 3.63) is 0 Å². The van der Waals surface area contributed by atoms with Crippen molar-refractivity contribution in [2.75, 3.05) is 18.1 Å². The second-order valence-corrected chi connectivity index (χ2v) is 5.23. The molecule has 1 rings (SSSR count). The van der Waals surface area contributed by atoms with Gasteiger partial charge in [-0.3, -0.25) is 0 Å². The Morgan fingerprint density at radius 1 is 1.67 bits per heavy atom. The highest BCUT2D eigenvalue weighted by Crippen LogP contribution is 2.17. The van der Waals surface area contributed by atoms with Gasteiger partial charge < -0.3 is 15.3 Å². The Bertz CT molecular complexity index is 354. The van der Waals surface area contributed by atoms with Gasteiger partial charge in [-0.05, 0) is 6.42 Å². The number of carboxylic acids is 1. The van der Waals surface area contributed by atoms with Crippen molar-refractivity contribution in [2.45, 2.75) is 31.8 Å². The molecule has 0 aromatic heterocycles. The molecule has 0 saturated carbocycles. The van der Waals surface area contributed by atoms with E-state index in [2.05, 4.69) is 11.2 Å². The first kappa shape index (κ1) is 14.7. The fourth-order valence-corrected chi connectivity index (χ4v) is 2.81. The van der Waals surface area contributed by atoms with E-state index in [-0.39, 0.29) is 12.1 Å². The summed E-state index contributed by atoms with van der Waals surface area (Å²) in [6.07, 6.45) is 6.89. The third kappa shape index (κ3) is 3.84. The number of amides is 2. The zero-order valence-corrected chi connectivity index (χ0v) is 11.2. The van der Waals surface area contributed by atoms with Gasteiger partial charge in [-0.25, -0.2) is 9.59 Å². The van der Waals surface area contributed by atoms with Gasteiger partial charge in [-0.2, -0.15) is 11.8 Å². The summed E-state index contributed by atoms with van der Waals surface area (Å²) < 4.78 is 0. The topological polar surface area (TPSA) is 69.6 Å². The minimum absolute atomic E-state index is 0.327. The molecule has 0 bridgehead atoms. The zero-order valence-electron chi connectivity index (χ0n) is 10.4. The summed E-state index contributed by atoms with van der Waals surface area (Å²) in [4.78, 5) is 24.4. The second kappa shape index (κ2) is 7.17. The average Bonchev–Trinajstić information content (AvgIpc) is 2.38. The molecule has 0 radical (unpaired) electrons. The van der Waals surface area contributed by atoms with E-state index < -0.39 is 12.0 Å². The molecule has 1 aliphatic rings. The van der Waals surface area contributed by atoms with Gasteiger partial charge in [-0.15, -0.1) is 6.42 Å². The van der Waals surface area contributed by atoms with Crippen molar-refractivity contribution in [3.63, 3.8) is 0 Å². The maximum Gasteiger partial charge on any atom is 0.327 e. The Kier molecular flexibility index (Phi) is 5.86. The molecule has 5 nitrogen and oxygen atoms in total. The first-order chi connectivity index (χ1) is 8.60. The van der Waals surface area contributed by atoms with E-state index in [1.807, 2.05) is 6.92 Å². The van der Waals surface area contributed by atoms with E-state index in [1.165, 1.54) is 4.90 Å². The normalized spacial score (nSPS) is 20.9. The molecule has 18 heavy (non-hydrogen) atoms. The Morgan fingerprint density at radius 3 is 2.94 bits per heavy atom. The largest absolute Gasteiger partial charge is 0.480 e. The lowest BCUT2D eigenvalue weighted by Crippen LogP contribution is -2.55. The van der Waals surface area contributed by atoms with Crippen LogP contribution in [0.5, 0.6) is 0 Å². The van der Waals surface area contributed by atoms with E-state index in [4.69, 9.17) is 11.5 Å². The Balaban J connectivity index is 2.63. The number of terminal acetylenes is 1. The van der Waals surface area contributed by atoms with E-state index >= 15 is 0 Å². The van der Waals surface area contributed by atoms with Crippen molar-refractivity contribution in [1.29, 1.82) is 0 Å². The van der Waals surface area contributed by atoms with Crippen molar-refractivity contribution in [1.82, 2.24) is 10.2 Å². The monoisotopic (exact) mass is 270 g/mol. The van der Waals surface area contributed by atoms with Crippen molar-refractivity contribution >= 4 is 23.8 Å². The highest BCUT2D eigenvalue weighted by atomic mass is 32.2. The van der Waals surface area contributed by atoms with Gasteiger partial charge >= 0.3 is 12.0 Å². The molecule has 0 aromatic rings. The van der Waals surface area contributed by atoms with Crippen LogP contribution in [0.4, 0.5) is 4.79 Å². The number of hydrogen-bond donors (Lipinski definition) is 2. The number of hydrogen-bond acceptors (Lipinski definition) is 3. The van der Waals surface area contributed by atoms with Crippen molar-refractivity contribution in [3.8, 4) is 12.3 Å². The van der Waals surface area contributed by atoms with Gasteiger partial charge in [0.25, 0.3) is 0 Å². The SMILES string of the molecule is C#CC(CCC)NC(=O)N1CCSCC1C(=O)O. The fourth-order valence-electron chi connectivity index (χ4n) is 1.77. The molecule has 1 fully saturated rings. The number of carboxylic acid groups (broad SMARTS) is 1. The number of carbonyl (C=O) groups is 2. The van der Waals surface area contributed by atoms with Gasteiger partial charge in [0, 0.05) is 18.1 Å². The number of carbonyl (C=O) groups excluding carboxylic acids is 1. The van der Waals surface area contributed by atoms with E-state index in [0.717, 1.165) is 12.2 Å². The predicted molar refractivity (Wildman–Crippen MR) is 71.5 cm³/mol. The van der Waals surface area contributed by atoms with Crippen molar-refractivity contribution < 1.29 is 14.7 Å². The van der Waals surface area contributed by atoms with Crippen LogP contribution in [0.1, 0.15) is 19.8 Å². The summed E-state index contributed by atoms with van der Waals surface area (Å²) in [6.45, 7) is 2.42. The van der Waals surface area contributed by atoms with Gasteiger partial charge in [0.05, 0.1) is 6.04 Å². The lowest BCUT2D eigenvalue weighted by Gasteiger charge is -2.33. The number of urea groups is 1. The Morgan fingerprint density at radius 2 is 2.39 bits per heavy atom. The number of nitrogens with zero attached hydrogens (tertiary/aromatic N) is 1. The molecule has 2 N–H and O–H groups in total. The maximum absolute atomic E-state index is 12.0. The molecule has 0 spiro atoms. The quantitative estimate of drug-likeness (QED) is 0.748. The molecule has 0 aromatic carbocycles. The van der Waals surface area contributed by atoms with Crippen LogP contribution in [0.25, 0.3) is 0 Å². The van der Waals surface area contributed by atoms with Crippen LogP contribution >= 0.6 is 11.8 Å². The van der Waals surface area contributed by atoms with E-state index in [0.29, 0.717) is 18.7 Å². The fraction of sp³-hybridized carbons (Fsp3) is 0.667. The maximum atomic E-state index is 12.0. The summed E-state index contributed by atoms with van der Waals surface area (Å²) in [5.74, 6) is 2.72. The van der Waals surface area contributed by atoms with Crippen LogP contribution in [0.2, 0.25) is 0 Å². The lowest BCUT2D eigenvalue weighted by atomic mass is 10.2. The molecule has 1 aliphatic heterocycles. The highest BCUT2D eigenvalue weighted by molar-refractivity contribution is 7.99. The van der Waals surface area contributed by atoms with E-state index in [1.54, 1.807) is 11.8 Å². The smallest absolute Gasteiger partial charge is 0.327 e. The summed E-state index contributed by atoms with van der Waals surface area (Å²) in [7, 11) is 0. The van der Waals surface area contributed by atoms with Crippen molar-refractivity contribution in [2.24, 2.45) is 0 Å². The molecule has 0 aliphatic carbocycles. The molecular weight excluding hydrogens is 252 g/mol. The minimum Gasteiger partial charge on any atom is -0.480 e. The molecule has 100 valence electrons. The van der Waals surface area contributed by atoms with Gasteiger partial charge in [-0.1, -0.05) is 19.3 Å². The van der Waals surface area contributed by atoms with Gasteiger partial charge in [0.2, 0.25) is 0 Å². The van der Waals surface area contributed by atoms with E-state index in [9.17, 15) is 9.59 Å². The Hall–Kier alpha value is -1.35. The number of rotatable bonds is 4. The summed E-state index contributed by atoms with van der Waals surface area (Å²) >= 11 is 1.54. The van der Waals surface area contributed by atoms with Crippen LogP contribution in [0.3, 0.4) is 0 Å². The van der Waals surface area contributed by atoms with Crippen LogP contribution in [0, 0.1) is 12.3 Å². The highest BCUT2D eigenvalue weighted by Gasteiger charge is 2.32. The van der Waals surface area contributed by atoms with Gasteiger partial charge in [0.1, 0.15) is 6.04 Å². The van der Waals surface area contributed by atoms with Crippen LogP contribution < -0.4 is 5.32 Å². The standard InChI is InChI=1S/C12H18N2O3S/c1-3-5-9(4-2)13-12(17)14-6-7-18-8-10(14)11(15)16/h2,9-10H,3,5-8H2,1H3,(H,13,17)(H,15,16). The molecule has 2 atom stereocenters. The van der Waals surface area contributed by atoms with Crippen LogP contribution in [0.15, 0.2) is 0 Å². The molecule has 1 saturated heterocycles. The number of nitrogens with one attached hydrogen (secondary N) is 1. The minimum atomic E-state index is -0.968. The lowest BCUT2D eigenvalue weighted by molar-refractivity contribution is -0.141. The average molecular weight is 270 g/mol. The first-order valence-electron chi connectivity index (χ1n) is 5.94.